The first-order valence-corrected chi connectivity index (χ1v) is 13.5. The number of sulfonamides is 1. The van der Waals surface area contributed by atoms with Crippen molar-refractivity contribution in [3.63, 3.8) is 0 Å². The molecule has 2 aromatic rings. The number of Topliss-reactive ketones (excluding diaryl/α,β-unsaturated/α-hetero) is 1. The average Bonchev–Trinajstić information content (AvgIpc) is 3.52. The third kappa shape index (κ3) is 5.43. The minimum atomic E-state index is -3.44. The maximum absolute atomic E-state index is 12.7. The number of rotatable bonds is 9. The van der Waals surface area contributed by atoms with Crippen molar-refractivity contribution >= 4 is 27.1 Å². The number of thiophene rings is 1. The maximum atomic E-state index is 12.7. The van der Waals surface area contributed by atoms with E-state index in [4.69, 9.17) is 0 Å². The molecule has 0 aliphatic carbocycles. The van der Waals surface area contributed by atoms with E-state index in [9.17, 15) is 13.2 Å². The highest BCUT2D eigenvalue weighted by molar-refractivity contribution is 7.89. The van der Waals surface area contributed by atoms with Crippen LogP contribution in [0, 0.1) is 0 Å². The lowest BCUT2D eigenvalue weighted by Gasteiger charge is -2.34. The van der Waals surface area contributed by atoms with Crippen molar-refractivity contribution in [2.24, 2.45) is 0 Å². The molecular weight excluding hydrogens is 430 g/mol. The molecule has 1 N–H and O–H groups in total. The zero-order valence-electron chi connectivity index (χ0n) is 17.8. The van der Waals surface area contributed by atoms with Crippen molar-refractivity contribution in [3.8, 4) is 0 Å². The summed E-state index contributed by atoms with van der Waals surface area (Å²) in [6.45, 7) is 4.34. The van der Waals surface area contributed by atoms with Crippen molar-refractivity contribution in [1.82, 2.24) is 14.5 Å². The molecule has 31 heavy (non-hydrogen) atoms. The number of hydrogen-bond acceptors (Lipinski definition) is 6. The summed E-state index contributed by atoms with van der Waals surface area (Å²) in [5.41, 5.74) is 0.540. The quantitative estimate of drug-likeness (QED) is 0.579. The van der Waals surface area contributed by atoms with Crippen molar-refractivity contribution in [2.75, 3.05) is 39.3 Å². The molecule has 6 nitrogen and oxygen atoms in total. The van der Waals surface area contributed by atoms with Gasteiger partial charge in [-0.05, 0) is 62.4 Å². The number of hydrogen-bond donors (Lipinski definition) is 1. The molecule has 0 spiro atoms. The first-order chi connectivity index (χ1) is 15.1. The minimum absolute atomic E-state index is 0.0197. The summed E-state index contributed by atoms with van der Waals surface area (Å²) >= 11 is 1.77. The van der Waals surface area contributed by atoms with E-state index in [0.717, 1.165) is 32.5 Å². The fourth-order valence-electron chi connectivity index (χ4n) is 4.44. The van der Waals surface area contributed by atoms with Gasteiger partial charge in [-0.15, -0.1) is 11.3 Å². The number of carbonyl (C=O) groups excluding carboxylic acids is 1. The maximum Gasteiger partial charge on any atom is 0.243 e. The highest BCUT2D eigenvalue weighted by Gasteiger charge is 2.27. The first kappa shape index (κ1) is 22.6. The molecule has 1 aromatic heterocycles. The molecular formula is C23H31N3O3S2. The number of piperidine rings is 1. The van der Waals surface area contributed by atoms with Gasteiger partial charge < -0.3 is 5.32 Å². The van der Waals surface area contributed by atoms with Crippen LogP contribution in [0.15, 0.2) is 46.7 Å². The molecule has 8 heteroatoms. The molecule has 4 rings (SSSR count). The Kier molecular flexibility index (Phi) is 7.55. The molecule has 2 saturated heterocycles. The summed E-state index contributed by atoms with van der Waals surface area (Å²) in [4.78, 5) is 16.8. The van der Waals surface area contributed by atoms with Gasteiger partial charge in [-0.2, -0.15) is 4.31 Å². The Labute approximate surface area is 189 Å². The summed E-state index contributed by atoms with van der Waals surface area (Å²) in [6.07, 6.45) is 5.57. The molecule has 1 unspecified atom stereocenters. The number of benzene rings is 1. The van der Waals surface area contributed by atoms with Crippen LogP contribution < -0.4 is 5.32 Å². The predicted octanol–water partition coefficient (Wildman–Crippen LogP) is 3.53. The van der Waals surface area contributed by atoms with Gasteiger partial charge in [0.15, 0.2) is 5.78 Å². The summed E-state index contributed by atoms with van der Waals surface area (Å²) < 4.78 is 26.8. The fourth-order valence-corrected chi connectivity index (χ4v) is 6.81. The van der Waals surface area contributed by atoms with Crippen LogP contribution in [0.1, 0.15) is 53.4 Å². The molecule has 2 fully saturated rings. The lowest BCUT2D eigenvalue weighted by Crippen LogP contribution is -2.39. The predicted molar refractivity (Wildman–Crippen MR) is 124 cm³/mol. The normalized spacial score (nSPS) is 19.5. The molecule has 2 aliphatic heterocycles. The number of nitrogens with one attached hydrogen (secondary N) is 1. The lowest BCUT2D eigenvalue weighted by molar-refractivity contribution is 0.0984. The Morgan fingerprint density at radius 1 is 0.968 bits per heavy atom. The number of carbonyl (C=O) groups is 1. The zero-order valence-corrected chi connectivity index (χ0v) is 19.5. The molecule has 3 heterocycles. The molecule has 1 aromatic carbocycles. The van der Waals surface area contributed by atoms with E-state index in [1.165, 1.54) is 28.4 Å². The van der Waals surface area contributed by atoms with Gasteiger partial charge in [-0.25, -0.2) is 8.42 Å². The zero-order chi connectivity index (χ0) is 21.7. The largest absolute Gasteiger partial charge is 0.308 e. The Bertz CT molecular complexity index is 946. The van der Waals surface area contributed by atoms with E-state index in [1.807, 2.05) is 0 Å². The Hall–Kier alpha value is -1.58. The Morgan fingerprint density at radius 3 is 2.29 bits per heavy atom. The van der Waals surface area contributed by atoms with Gasteiger partial charge in [0.1, 0.15) is 0 Å². The van der Waals surface area contributed by atoms with E-state index >= 15 is 0 Å². The summed E-state index contributed by atoms with van der Waals surface area (Å²) in [6, 6.07) is 10.9. The molecule has 0 radical (unpaired) electrons. The highest BCUT2D eigenvalue weighted by Crippen LogP contribution is 2.27. The van der Waals surface area contributed by atoms with Gasteiger partial charge in [0.05, 0.1) is 17.5 Å². The van der Waals surface area contributed by atoms with Crippen molar-refractivity contribution in [1.29, 1.82) is 0 Å². The molecule has 0 amide bonds. The lowest BCUT2D eigenvalue weighted by atomic mass is 10.1. The second-order valence-corrected chi connectivity index (χ2v) is 11.2. The number of ketones is 1. The van der Waals surface area contributed by atoms with Crippen molar-refractivity contribution in [2.45, 2.75) is 43.0 Å². The van der Waals surface area contributed by atoms with E-state index in [1.54, 1.807) is 35.6 Å². The van der Waals surface area contributed by atoms with E-state index < -0.39 is 10.0 Å². The van der Waals surface area contributed by atoms with E-state index in [-0.39, 0.29) is 17.2 Å². The van der Waals surface area contributed by atoms with Crippen LogP contribution in [0.25, 0.3) is 0 Å². The van der Waals surface area contributed by atoms with Crippen LogP contribution in [0.2, 0.25) is 0 Å². The molecule has 1 atom stereocenters. The SMILES string of the molecule is O=C(CNCC(c1cccs1)N1CCCCC1)c1ccc(S(=O)(=O)N2CCCC2)cc1. The number of likely N-dealkylation sites (tertiary alicyclic amines) is 1. The first-order valence-electron chi connectivity index (χ1n) is 11.2. The van der Waals surface area contributed by atoms with Gasteiger partial charge in [0.2, 0.25) is 10.0 Å². The second-order valence-electron chi connectivity index (χ2n) is 8.32. The highest BCUT2D eigenvalue weighted by atomic mass is 32.2. The minimum Gasteiger partial charge on any atom is -0.308 e. The van der Waals surface area contributed by atoms with Crippen LogP contribution >= 0.6 is 11.3 Å². The fraction of sp³-hybridized carbons (Fsp3) is 0.522. The standard InChI is InChI=1S/C23H31N3O3S2/c27-22(19-8-10-20(11-9-19)31(28,29)26-14-4-5-15-26)18-24-17-21(23-7-6-16-30-23)25-12-2-1-3-13-25/h6-11,16,21,24H,1-5,12-15,17-18H2. The summed E-state index contributed by atoms with van der Waals surface area (Å²) in [5.74, 6) is -0.0197. The van der Waals surface area contributed by atoms with Gasteiger partial charge in [0, 0.05) is 30.1 Å². The van der Waals surface area contributed by atoms with Gasteiger partial charge in [0.25, 0.3) is 0 Å². The molecule has 0 bridgehead atoms. The smallest absolute Gasteiger partial charge is 0.243 e. The molecule has 0 saturated carbocycles. The topological polar surface area (TPSA) is 69.7 Å². The Balaban J connectivity index is 1.34. The second kappa shape index (κ2) is 10.4. The number of nitrogens with zero attached hydrogens (tertiary/aromatic N) is 2. The van der Waals surface area contributed by atoms with Crippen molar-refractivity contribution in [3.05, 3.63) is 52.2 Å². The summed E-state index contributed by atoms with van der Waals surface area (Å²) in [5, 5.41) is 5.45. The summed E-state index contributed by atoms with van der Waals surface area (Å²) in [7, 11) is -3.44. The van der Waals surface area contributed by atoms with Crippen LogP contribution in [-0.4, -0.2) is 62.7 Å². The Morgan fingerprint density at radius 2 is 1.65 bits per heavy atom. The monoisotopic (exact) mass is 461 g/mol. The van der Waals surface area contributed by atoms with Crippen LogP contribution in [-0.2, 0) is 10.0 Å². The van der Waals surface area contributed by atoms with Crippen LogP contribution in [0.3, 0.4) is 0 Å². The van der Waals surface area contributed by atoms with Gasteiger partial charge >= 0.3 is 0 Å². The van der Waals surface area contributed by atoms with Crippen LogP contribution in [0.5, 0.6) is 0 Å². The average molecular weight is 462 g/mol. The third-order valence-electron chi connectivity index (χ3n) is 6.21. The molecule has 168 valence electrons. The molecule has 2 aliphatic rings. The van der Waals surface area contributed by atoms with Crippen molar-refractivity contribution < 1.29 is 13.2 Å². The third-order valence-corrected chi connectivity index (χ3v) is 9.09. The van der Waals surface area contributed by atoms with E-state index in [2.05, 4.69) is 27.7 Å². The van der Waals surface area contributed by atoms with Crippen LogP contribution in [0.4, 0.5) is 0 Å². The van der Waals surface area contributed by atoms with Gasteiger partial charge in [-0.3, -0.25) is 9.69 Å². The van der Waals surface area contributed by atoms with Gasteiger partial charge in [-0.1, -0.05) is 24.6 Å². The van der Waals surface area contributed by atoms with E-state index in [0.29, 0.717) is 24.7 Å².